The number of nitrogens with zero attached hydrogens (tertiary/aromatic N) is 3. The molecule has 0 atom stereocenters. The normalized spacial score (nSPS) is 15.0. The number of carbonyl (C=O) groups is 1. The molecule has 0 spiro atoms. The molecule has 1 fully saturated rings. The summed E-state index contributed by atoms with van der Waals surface area (Å²) >= 11 is 6.16. The van der Waals surface area contributed by atoms with Crippen LogP contribution in [0.1, 0.15) is 51.3 Å². The van der Waals surface area contributed by atoms with Gasteiger partial charge in [0, 0.05) is 13.0 Å². The van der Waals surface area contributed by atoms with Crippen LogP contribution in [0.5, 0.6) is 0 Å². The lowest BCUT2D eigenvalue weighted by Crippen LogP contribution is -2.33. The number of amides is 1. The third kappa shape index (κ3) is 5.57. The Hall–Kier alpha value is -1.93. The first-order chi connectivity index (χ1) is 13.9. The highest BCUT2D eigenvalue weighted by Crippen LogP contribution is 2.27. The summed E-state index contributed by atoms with van der Waals surface area (Å²) in [7, 11) is -3.23. The van der Waals surface area contributed by atoms with Gasteiger partial charge in [0.2, 0.25) is 17.7 Å². The lowest BCUT2D eigenvalue weighted by molar-refractivity contribution is -0.131. The highest BCUT2D eigenvalue weighted by molar-refractivity contribution is 7.92. The van der Waals surface area contributed by atoms with Crippen molar-refractivity contribution >= 4 is 27.3 Å². The molecule has 0 aliphatic heterocycles. The predicted octanol–water partition coefficient (Wildman–Crippen LogP) is 3.88. The molecular weight excluding hydrogens is 414 g/mol. The zero-order valence-electron chi connectivity index (χ0n) is 16.5. The third-order valence-electron chi connectivity index (χ3n) is 5.15. The van der Waals surface area contributed by atoms with Gasteiger partial charge in [-0.3, -0.25) is 4.79 Å². The summed E-state index contributed by atoms with van der Waals surface area (Å²) in [6, 6.07) is 7.15. The lowest BCUT2D eigenvalue weighted by Gasteiger charge is -2.20. The van der Waals surface area contributed by atoms with Crippen molar-refractivity contribution in [3.8, 4) is 11.5 Å². The van der Waals surface area contributed by atoms with Crippen molar-refractivity contribution in [2.24, 2.45) is 0 Å². The molecule has 3 rings (SSSR count). The highest BCUT2D eigenvalue weighted by Gasteiger charge is 2.29. The summed E-state index contributed by atoms with van der Waals surface area (Å²) in [4.78, 5) is 14.3. The largest absolute Gasteiger partial charge is 0.419 e. The molecule has 29 heavy (non-hydrogen) atoms. The maximum absolute atomic E-state index is 12.7. The molecule has 7 nitrogen and oxygen atoms in total. The first-order valence-electron chi connectivity index (χ1n) is 9.97. The fourth-order valence-corrected chi connectivity index (χ4v) is 5.65. The zero-order valence-corrected chi connectivity index (χ0v) is 18.1. The number of halogens is 1. The molecule has 1 saturated carbocycles. The van der Waals surface area contributed by atoms with Gasteiger partial charge in [-0.15, -0.1) is 10.2 Å². The van der Waals surface area contributed by atoms with Gasteiger partial charge < -0.3 is 9.32 Å². The molecule has 1 amide bonds. The first kappa shape index (κ1) is 21.8. The van der Waals surface area contributed by atoms with E-state index >= 15 is 0 Å². The molecule has 1 heterocycles. The molecule has 1 aliphatic carbocycles. The molecule has 158 valence electrons. The summed E-state index contributed by atoms with van der Waals surface area (Å²) in [5.74, 6) is 0.260. The van der Waals surface area contributed by atoms with E-state index in [1.54, 1.807) is 17.0 Å². The third-order valence-corrected chi connectivity index (χ3v) is 7.74. The van der Waals surface area contributed by atoms with E-state index in [1.165, 1.54) is 0 Å². The Bertz CT molecular complexity index is 939. The van der Waals surface area contributed by atoms with Gasteiger partial charge >= 0.3 is 0 Å². The number of rotatable bonds is 9. The van der Waals surface area contributed by atoms with Gasteiger partial charge in [-0.2, -0.15) is 0 Å². The summed E-state index contributed by atoms with van der Waals surface area (Å²) in [5.41, 5.74) is 0.629. The molecule has 0 N–H and O–H groups in total. The van der Waals surface area contributed by atoms with Crippen LogP contribution >= 0.6 is 11.6 Å². The van der Waals surface area contributed by atoms with Crippen molar-refractivity contribution < 1.29 is 17.6 Å². The minimum absolute atomic E-state index is 0.0235. The molecule has 9 heteroatoms. The second kappa shape index (κ2) is 9.71. The quantitative estimate of drug-likeness (QED) is 0.588. The summed E-state index contributed by atoms with van der Waals surface area (Å²) in [6.45, 7) is 2.60. The van der Waals surface area contributed by atoms with Crippen LogP contribution in [0.15, 0.2) is 28.7 Å². The monoisotopic (exact) mass is 439 g/mol. The number of hydrogen-bond acceptors (Lipinski definition) is 6. The van der Waals surface area contributed by atoms with E-state index in [2.05, 4.69) is 10.2 Å². The lowest BCUT2D eigenvalue weighted by atomic mass is 10.2. The van der Waals surface area contributed by atoms with Gasteiger partial charge in [0.25, 0.3) is 0 Å². The van der Waals surface area contributed by atoms with Gasteiger partial charge in [-0.05, 0) is 31.4 Å². The molecule has 2 aromatic rings. The Morgan fingerprint density at radius 1 is 1.24 bits per heavy atom. The summed E-state index contributed by atoms with van der Waals surface area (Å²) < 4.78 is 30.6. The Labute approximate surface area is 176 Å². The van der Waals surface area contributed by atoms with E-state index in [1.807, 2.05) is 19.1 Å². The van der Waals surface area contributed by atoms with Gasteiger partial charge in [-0.25, -0.2) is 8.42 Å². The predicted molar refractivity (Wildman–Crippen MR) is 111 cm³/mol. The van der Waals surface area contributed by atoms with Gasteiger partial charge in [-0.1, -0.05) is 43.5 Å². The minimum Gasteiger partial charge on any atom is -0.419 e. The molecule has 1 aromatic carbocycles. The van der Waals surface area contributed by atoms with Crippen molar-refractivity contribution in [3.63, 3.8) is 0 Å². The van der Waals surface area contributed by atoms with E-state index in [-0.39, 0.29) is 29.9 Å². The number of benzene rings is 1. The summed E-state index contributed by atoms with van der Waals surface area (Å²) in [5, 5.41) is 8.26. The maximum atomic E-state index is 12.7. The first-order valence-corrected chi connectivity index (χ1v) is 12.1. The SMILES string of the molecule is CCCN(Cc1nnc(-c2ccccc2Cl)o1)C(=O)CCS(=O)(=O)C1CCCC1. The molecule has 1 aliphatic rings. The van der Waals surface area contributed by atoms with Crippen molar-refractivity contribution in [2.45, 2.75) is 57.2 Å². The van der Waals surface area contributed by atoms with Gasteiger partial charge in [0.15, 0.2) is 9.84 Å². The van der Waals surface area contributed by atoms with Gasteiger partial charge in [0.05, 0.1) is 28.1 Å². The number of sulfone groups is 1. The van der Waals surface area contributed by atoms with Crippen molar-refractivity contribution in [3.05, 3.63) is 35.2 Å². The minimum atomic E-state index is -3.23. The van der Waals surface area contributed by atoms with Crippen LogP contribution in [0.4, 0.5) is 0 Å². The van der Waals surface area contributed by atoms with Crippen molar-refractivity contribution in [1.29, 1.82) is 0 Å². The second-order valence-electron chi connectivity index (χ2n) is 7.32. The Morgan fingerprint density at radius 3 is 2.66 bits per heavy atom. The average Bonchev–Trinajstić information content (AvgIpc) is 3.39. The number of hydrogen-bond donors (Lipinski definition) is 0. The van der Waals surface area contributed by atoms with E-state index in [9.17, 15) is 13.2 Å². The second-order valence-corrected chi connectivity index (χ2v) is 10.1. The standard InChI is InChI=1S/C20H26ClN3O4S/c1-2-12-24(19(25)11-13-29(26,27)15-7-3-4-8-15)14-18-22-23-20(28-18)16-9-5-6-10-17(16)21/h5-6,9-10,15H,2-4,7-8,11-14H2,1H3. The number of carbonyl (C=O) groups excluding carboxylic acids is 1. The molecular formula is C20H26ClN3O4S. The fourth-order valence-electron chi connectivity index (χ4n) is 3.59. The van der Waals surface area contributed by atoms with E-state index < -0.39 is 9.84 Å². The highest BCUT2D eigenvalue weighted by atomic mass is 35.5. The van der Waals surface area contributed by atoms with Crippen LogP contribution in [0.25, 0.3) is 11.5 Å². The van der Waals surface area contributed by atoms with Crippen LogP contribution in [0.2, 0.25) is 5.02 Å². The van der Waals surface area contributed by atoms with Crippen LogP contribution in [-0.4, -0.2) is 47.0 Å². The van der Waals surface area contributed by atoms with E-state index in [4.69, 9.17) is 16.0 Å². The summed E-state index contributed by atoms with van der Waals surface area (Å²) in [6.07, 6.45) is 4.04. The number of aromatic nitrogens is 2. The Balaban J connectivity index is 1.64. The maximum Gasteiger partial charge on any atom is 0.249 e. The molecule has 0 bridgehead atoms. The molecule has 0 saturated heterocycles. The fraction of sp³-hybridized carbons (Fsp3) is 0.550. The van der Waals surface area contributed by atoms with E-state index in [0.29, 0.717) is 41.8 Å². The average molecular weight is 440 g/mol. The molecule has 1 aromatic heterocycles. The van der Waals surface area contributed by atoms with Crippen LogP contribution in [0, 0.1) is 0 Å². The topological polar surface area (TPSA) is 93.4 Å². The molecule has 0 radical (unpaired) electrons. The zero-order chi connectivity index (χ0) is 20.9. The Kier molecular flexibility index (Phi) is 7.29. The van der Waals surface area contributed by atoms with Crippen LogP contribution < -0.4 is 0 Å². The molecule has 0 unspecified atom stereocenters. The van der Waals surface area contributed by atoms with E-state index in [0.717, 1.165) is 19.3 Å². The smallest absolute Gasteiger partial charge is 0.249 e. The van der Waals surface area contributed by atoms with Crippen molar-refractivity contribution in [1.82, 2.24) is 15.1 Å². The van der Waals surface area contributed by atoms with Gasteiger partial charge in [0.1, 0.15) is 0 Å². The van der Waals surface area contributed by atoms with Crippen LogP contribution in [0.3, 0.4) is 0 Å². The Morgan fingerprint density at radius 2 is 1.97 bits per heavy atom. The van der Waals surface area contributed by atoms with Crippen LogP contribution in [-0.2, 0) is 21.2 Å². The van der Waals surface area contributed by atoms with Crippen molar-refractivity contribution in [2.75, 3.05) is 12.3 Å².